The van der Waals surface area contributed by atoms with E-state index in [2.05, 4.69) is 63.7 Å². The standard InChI is InChI=1S/C27H26N4O2/c28-26-31-30-25(33-26)19-5-8-20(9-6-19)27(16-18-4-7-22(27)15-18)21-10-12-24(13-11-21)32-17-23-3-1-2-14-29-23/h1-3,5-6,8-14,18,22H,4,7,15-17H2,(H2,28,31). The second-order valence-corrected chi connectivity index (χ2v) is 9.21. The molecule has 0 spiro atoms. The third-order valence-corrected chi connectivity index (χ3v) is 7.42. The summed E-state index contributed by atoms with van der Waals surface area (Å²) in [5.41, 5.74) is 10.2. The first-order valence-corrected chi connectivity index (χ1v) is 11.5. The van der Waals surface area contributed by atoms with Crippen LogP contribution in [0.1, 0.15) is 42.5 Å². The van der Waals surface area contributed by atoms with Crippen LogP contribution in [-0.4, -0.2) is 15.2 Å². The van der Waals surface area contributed by atoms with E-state index in [1.54, 1.807) is 6.20 Å². The number of rotatable bonds is 6. The molecular formula is C27H26N4O2. The molecule has 0 amide bonds. The van der Waals surface area contributed by atoms with Gasteiger partial charge < -0.3 is 14.9 Å². The zero-order valence-electron chi connectivity index (χ0n) is 18.4. The van der Waals surface area contributed by atoms with E-state index in [1.807, 2.05) is 18.2 Å². The zero-order chi connectivity index (χ0) is 22.3. The van der Waals surface area contributed by atoms with E-state index in [1.165, 1.54) is 36.8 Å². The van der Waals surface area contributed by atoms with Gasteiger partial charge in [0.15, 0.2) is 0 Å². The smallest absolute Gasteiger partial charge is 0.313 e. The van der Waals surface area contributed by atoms with E-state index in [-0.39, 0.29) is 11.4 Å². The average Bonchev–Trinajstić information content (AvgIpc) is 3.61. The number of aromatic nitrogens is 3. The van der Waals surface area contributed by atoms with Gasteiger partial charge in [0.05, 0.1) is 5.69 Å². The molecule has 6 rings (SSSR count). The van der Waals surface area contributed by atoms with Crippen LogP contribution in [0.25, 0.3) is 11.5 Å². The molecule has 6 nitrogen and oxygen atoms in total. The summed E-state index contributed by atoms with van der Waals surface area (Å²) >= 11 is 0. The van der Waals surface area contributed by atoms with Crippen molar-refractivity contribution in [2.24, 2.45) is 11.8 Å². The molecule has 2 aromatic carbocycles. The number of fused-ring (bicyclic) bond motifs is 2. The van der Waals surface area contributed by atoms with Crippen molar-refractivity contribution in [3.05, 3.63) is 89.7 Å². The third-order valence-electron chi connectivity index (χ3n) is 7.42. The molecule has 6 heteroatoms. The maximum absolute atomic E-state index is 5.98. The Bertz CT molecular complexity index is 1240. The monoisotopic (exact) mass is 438 g/mol. The van der Waals surface area contributed by atoms with Crippen molar-refractivity contribution in [3.8, 4) is 17.2 Å². The first kappa shape index (κ1) is 20.0. The van der Waals surface area contributed by atoms with E-state index in [9.17, 15) is 0 Å². The number of pyridine rings is 1. The lowest BCUT2D eigenvalue weighted by molar-refractivity contribution is 0.299. The highest BCUT2D eigenvalue weighted by atomic mass is 16.5. The molecule has 2 aliphatic carbocycles. The van der Waals surface area contributed by atoms with E-state index in [0.717, 1.165) is 22.9 Å². The molecule has 2 N–H and O–H groups in total. The van der Waals surface area contributed by atoms with Crippen LogP contribution in [0.2, 0.25) is 0 Å². The Morgan fingerprint density at radius 2 is 1.73 bits per heavy atom. The summed E-state index contributed by atoms with van der Waals surface area (Å²) < 4.78 is 11.4. The van der Waals surface area contributed by atoms with Gasteiger partial charge >= 0.3 is 6.01 Å². The fourth-order valence-corrected chi connectivity index (χ4v) is 5.95. The van der Waals surface area contributed by atoms with Crippen molar-refractivity contribution >= 4 is 6.01 Å². The van der Waals surface area contributed by atoms with Crippen LogP contribution in [-0.2, 0) is 12.0 Å². The van der Waals surface area contributed by atoms with Crippen LogP contribution in [0.15, 0.2) is 77.3 Å². The van der Waals surface area contributed by atoms with Gasteiger partial charge in [-0.25, -0.2) is 0 Å². The van der Waals surface area contributed by atoms with Crippen molar-refractivity contribution in [3.63, 3.8) is 0 Å². The summed E-state index contributed by atoms with van der Waals surface area (Å²) in [6.45, 7) is 0.470. The molecule has 0 radical (unpaired) electrons. The maximum Gasteiger partial charge on any atom is 0.313 e. The van der Waals surface area contributed by atoms with Crippen molar-refractivity contribution in [2.75, 3.05) is 5.73 Å². The SMILES string of the molecule is Nc1nnc(-c2ccc(C3(c4ccc(OCc5ccccn5)cc4)CC4CCC3C4)cc2)o1. The number of hydrogen-bond donors (Lipinski definition) is 1. The number of nitrogen functional groups attached to an aromatic ring is 1. The molecule has 0 aliphatic heterocycles. The fourth-order valence-electron chi connectivity index (χ4n) is 5.95. The molecule has 4 aromatic rings. The molecule has 2 saturated carbocycles. The normalized spacial score (nSPS) is 23.6. The third kappa shape index (κ3) is 3.55. The van der Waals surface area contributed by atoms with E-state index in [0.29, 0.717) is 18.4 Å². The lowest BCUT2D eigenvalue weighted by Gasteiger charge is -2.39. The van der Waals surface area contributed by atoms with Crippen LogP contribution in [0.4, 0.5) is 6.01 Å². The van der Waals surface area contributed by atoms with Crippen molar-refractivity contribution < 1.29 is 9.15 Å². The molecule has 2 bridgehead atoms. The van der Waals surface area contributed by atoms with Gasteiger partial charge in [0, 0.05) is 17.2 Å². The topological polar surface area (TPSA) is 87.1 Å². The van der Waals surface area contributed by atoms with Crippen LogP contribution in [0.3, 0.4) is 0 Å². The Kier molecular flexibility index (Phi) is 4.86. The van der Waals surface area contributed by atoms with Crippen LogP contribution in [0.5, 0.6) is 5.75 Å². The Morgan fingerprint density at radius 1 is 0.939 bits per heavy atom. The molecule has 3 unspecified atom stereocenters. The van der Waals surface area contributed by atoms with Crippen LogP contribution >= 0.6 is 0 Å². The van der Waals surface area contributed by atoms with Gasteiger partial charge in [-0.2, -0.15) is 0 Å². The average molecular weight is 439 g/mol. The molecule has 2 aliphatic rings. The summed E-state index contributed by atoms with van der Waals surface area (Å²) in [6, 6.07) is 23.2. The van der Waals surface area contributed by atoms with Crippen LogP contribution < -0.4 is 10.5 Å². The van der Waals surface area contributed by atoms with Gasteiger partial charge in [-0.05, 0) is 78.6 Å². The molecule has 2 heterocycles. The van der Waals surface area contributed by atoms with Crippen molar-refractivity contribution in [1.29, 1.82) is 0 Å². The highest BCUT2D eigenvalue weighted by Crippen LogP contribution is 2.60. The first-order chi connectivity index (χ1) is 16.2. The predicted octanol–water partition coefficient (Wildman–Crippen LogP) is 5.40. The van der Waals surface area contributed by atoms with E-state index in [4.69, 9.17) is 14.9 Å². The van der Waals surface area contributed by atoms with Gasteiger partial charge in [-0.1, -0.05) is 41.9 Å². The Balaban J connectivity index is 1.29. The second-order valence-electron chi connectivity index (χ2n) is 9.21. The number of benzene rings is 2. The van der Waals surface area contributed by atoms with Gasteiger partial charge in [0.2, 0.25) is 5.89 Å². The van der Waals surface area contributed by atoms with Gasteiger partial charge in [0.25, 0.3) is 0 Å². The highest BCUT2D eigenvalue weighted by Gasteiger charge is 2.52. The Morgan fingerprint density at radius 3 is 2.33 bits per heavy atom. The van der Waals surface area contributed by atoms with E-state index < -0.39 is 0 Å². The van der Waals surface area contributed by atoms with Crippen molar-refractivity contribution in [1.82, 2.24) is 15.2 Å². The minimum absolute atomic E-state index is 0.0365. The predicted molar refractivity (Wildman–Crippen MR) is 125 cm³/mol. The summed E-state index contributed by atoms with van der Waals surface area (Å²) in [7, 11) is 0. The number of ether oxygens (including phenoxy) is 1. The van der Waals surface area contributed by atoms with Gasteiger partial charge in [0.1, 0.15) is 12.4 Å². The molecule has 2 fully saturated rings. The number of anilines is 1. The van der Waals surface area contributed by atoms with E-state index >= 15 is 0 Å². The number of nitrogens with two attached hydrogens (primary N) is 1. The largest absolute Gasteiger partial charge is 0.487 e. The zero-order valence-corrected chi connectivity index (χ0v) is 18.4. The lowest BCUT2D eigenvalue weighted by Crippen LogP contribution is -2.34. The Hall–Kier alpha value is -3.67. The van der Waals surface area contributed by atoms with Gasteiger partial charge in [-0.3, -0.25) is 4.98 Å². The van der Waals surface area contributed by atoms with Gasteiger partial charge in [-0.15, -0.1) is 5.10 Å². The molecule has 33 heavy (non-hydrogen) atoms. The first-order valence-electron chi connectivity index (χ1n) is 11.5. The fraction of sp³-hybridized carbons (Fsp3) is 0.296. The molecule has 0 saturated heterocycles. The summed E-state index contributed by atoms with van der Waals surface area (Å²) in [5, 5.41) is 7.79. The molecular weight excluding hydrogens is 412 g/mol. The number of hydrogen-bond acceptors (Lipinski definition) is 6. The minimum Gasteiger partial charge on any atom is -0.487 e. The maximum atomic E-state index is 5.98. The lowest BCUT2D eigenvalue weighted by atomic mass is 9.64. The summed E-state index contributed by atoms with van der Waals surface area (Å²) in [6.07, 6.45) is 6.92. The molecule has 3 atom stereocenters. The summed E-state index contributed by atoms with van der Waals surface area (Å²) in [5.74, 6) is 2.78. The van der Waals surface area contributed by atoms with Crippen molar-refractivity contribution in [2.45, 2.75) is 37.7 Å². The highest BCUT2D eigenvalue weighted by molar-refractivity contribution is 5.56. The van der Waals surface area contributed by atoms with Crippen LogP contribution in [0, 0.1) is 11.8 Å². The Labute approximate surface area is 192 Å². The second kappa shape index (κ2) is 8.03. The molecule has 166 valence electrons. The number of nitrogens with zero attached hydrogens (tertiary/aromatic N) is 3. The molecule has 2 aromatic heterocycles. The summed E-state index contributed by atoms with van der Waals surface area (Å²) in [4.78, 5) is 4.33. The quantitative estimate of drug-likeness (QED) is 0.434. The minimum atomic E-state index is 0.0365.